The van der Waals surface area contributed by atoms with Crippen LogP contribution in [0.4, 0.5) is 0 Å². The lowest BCUT2D eigenvalue weighted by atomic mass is 10.2. The molecule has 0 unspecified atom stereocenters. The lowest BCUT2D eigenvalue weighted by Gasteiger charge is -2.20. The highest BCUT2D eigenvalue weighted by Crippen LogP contribution is 2.24. The molecule has 0 bridgehead atoms. The molecule has 1 aromatic carbocycles. The summed E-state index contributed by atoms with van der Waals surface area (Å²) < 4.78 is 4.09. The third kappa shape index (κ3) is 4.93. The van der Waals surface area contributed by atoms with Gasteiger partial charge in [0.2, 0.25) is 5.91 Å². The maximum atomic E-state index is 12.5. The third-order valence-electron chi connectivity index (χ3n) is 5.34. The monoisotopic (exact) mass is 408 g/mol. The molecule has 3 aromatic rings. The van der Waals surface area contributed by atoms with Crippen LogP contribution in [0.1, 0.15) is 37.7 Å². The van der Waals surface area contributed by atoms with Gasteiger partial charge in [0.05, 0.1) is 11.9 Å². The van der Waals surface area contributed by atoms with E-state index in [1.165, 1.54) is 18.4 Å². The van der Waals surface area contributed by atoms with Gasteiger partial charge in [-0.1, -0.05) is 31.0 Å². The van der Waals surface area contributed by atoms with E-state index in [0.29, 0.717) is 12.3 Å². The lowest BCUT2D eigenvalue weighted by molar-refractivity contribution is -0.130. The van der Waals surface area contributed by atoms with Gasteiger partial charge in [0.1, 0.15) is 5.82 Å². The number of nitrogens with zero attached hydrogens (tertiary/aromatic N) is 4. The van der Waals surface area contributed by atoms with Crippen LogP contribution >= 0.6 is 11.8 Å². The van der Waals surface area contributed by atoms with E-state index in [4.69, 9.17) is 0 Å². The number of amides is 1. The van der Waals surface area contributed by atoms with Gasteiger partial charge in [0.15, 0.2) is 0 Å². The molecule has 152 valence electrons. The van der Waals surface area contributed by atoms with Gasteiger partial charge in [0.25, 0.3) is 0 Å². The second-order valence-electron chi connectivity index (χ2n) is 7.43. The van der Waals surface area contributed by atoms with Crippen molar-refractivity contribution in [3.8, 4) is 11.5 Å². The SMILES string of the molecule is O=C(CCSCc1cnn(-c2ccccc2)c1-n1cccc1)N1CCCCCC1. The first-order valence-corrected chi connectivity index (χ1v) is 11.6. The molecule has 5 nitrogen and oxygen atoms in total. The van der Waals surface area contributed by atoms with Crippen LogP contribution in [0.25, 0.3) is 11.5 Å². The number of benzene rings is 1. The second-order valence-corrected chi connectivity index (χ2v) is 8.53. The Morgan fingerprint density at radius 3 is 2.41 bits per heavy atom. The number of aromatic nitrogens is 3. The molecule has 0 atom stereocenters. The molecule has 0 spiro atoms. The van der Waals surface area contributed by atoms with Crippen molar-refractivity contribution >= 4 is 17.7 Å². The molecule has 4 rings (SSSR count). The molecule has 1 saturated heterocycles. The van der Waals surface area contributed by atoms with Crippen molar-refractivity contribution in [3.63, 3.8) is 0 Å². The van der Waals surface area contributed by atoms with Crippen molar-refractivity contribution in [3.05, 3.63) is 66.6 Å². The summed E-state index contributed by atoms with van der Waals surface area (Å²) in [7, 11) is 0. The minimum Gasteiger partial charge on any atom is -0.343 e. The van der Waals surface area contributed by atoms with Crippen molar-refractivity contribution in [2.45, 2.75) is 37.9 Å². The van der Waals surface area contributed by atoms with Crippen LogP contribution in [0.3, 0.4) is 0 Å². The van der Waals surface area contributed by atoms with Crippen LogP contribution in [-0.4, -0.2) is 44.0 Å². The molecular formula is C23H28N4OS. The number of thioether (sulfide) groups is 1. The van der Waals surface area contributed by atoms with Crippen LogP contribution < -0.4 is 0 Å². The molecule has 29 heavy (non-hydrogen) atoms. The number of para-hydroxylation sites is 1. The molecule has 1 aliphatic rings. The van der Waals surface area contributed by atoms with Crippen LogP contribution in [0.15, 0.2) is 61.1 Å². The number of carbonyl (C=O) groups is 1. The normalized spacial score (nSPS) is 14.7. The Balaban J connectivity index is 1.40. The highest BCUT2D eigenvalue weighted by Gasteiger charge is 2.16. The van der Waals surface area contributed by atoms with Crippen LogP contribution in [0, 0.1) is 0 Å². The number of hydrogen-bond donors (Lipinski definition) is 0. The minimum absolute atomic E-state index is 0.310. The number of likely N-dealkylation sites (tertiary alicyclic amines) is 1. The van der Waals surface area contributed by atoms with Gasteiger partial charge in [-0.15, -0.1) is 0 Å². The predicted octanol–water partition coefficient (Wildman–Crippen LogP) is 4.69. The molecule has 3 heterocycles. The van der Waals surface area contributed by atoms with E-state index in [-0.39, 0.29) is 0 Å². The highest BCUT2D eigenvalue weighted by molar-refractivity contribution is 7.98. The zero-order chi connectivity index (χ0) is 19.9. The first-order valence-electron chi connectivity index (χ1n) is 10.4. The van der Waals surface area contributed by atoms with Gasteiger partial charge < -0.3 is 9.47 Å². The summed E-state index contributed by atoms with van der Waals surface area (Å²) in [5.41, 5.74) is 2.22. The van der Waals surface area contributed by atoms with Crippen LogP contribution in [-0.2, 0) is 10.5 Å². The molecule has 6 heteroatoms. The lowest BCUT2D eigenvalue weighted by Crippen LogP contribution is -2.31. The van der Waals surface area contributed by atoms with Crippen molar-refractivity contribution in [1.29, 1.82) is 0 Å². The van der Waals surface area contributed by atoms with Gasteiger partial charge >= 0.3 is 0 Å². The number of carbonyl (C=O) groups excluding carboxylic acids is 1. The van der Waals surface area contributed by atoms with E-state index in [9.17, 15) is 4.79 Å². The van der Waals surface area contributed by atoms with Crippen LogP contribution in [0.5, 0.6) is 0 Å². The summed E-state index contributed by atoms with van der Waals surface area (Å²) in [6.07, 6.45) is 11.5. The zero-order valence-electron chi connectivity index (χ0n) is 16.7. The van der Waals surface area contributed by atoms with Gasteiger partial charge in [-0.2, -0.15) is 16.9 Å². The van der Waals surface area contributed by atoms with E-state index in [1.807, 2.05) is 65.4 Å². The Morgan fingerprint density at radius 1 is 0.966 bits per heavy atom. The number of rotatable bonds is 7. The summed E-state index contributed by atoms with van der Waals surface area (Å²) in [6.45, 7) is 1.87. The minimum atomic E-state index is 0.310. The summed E-state index contributed by atoms with van der Waals surface area (Å²) >= 11 is 1.81. The Labute approximate surface area is 176 Å². The topological polar surface area (TPSA) is 43.1 Å². The predicted molar refractivity (Wildman–Crippen MR) is 119 cm³/mol. The fraction of sp³-hybridized carbons (Fsp3) is 0.391. The summed E-state index contributed by atoms with van der Waals surface area (Å²) in [6, 6.07) is 14.3. The fourth-order valence-corrected chi connectivity index (χ4v) is 4.69. The summed E-state index contributed by atoms with van der Waals surface area (Å²) in [4.78, 5) is 14.6. The van der Waals surface area contributed by atoms with Gasteiger partial charge in [-0.05, 0) is 37.1 Å². The molecule has 1 fully saturated rings. The molecular weight excluding hydrogens is 380 g/mol. The molecule has 2 aromatic heterocycles. The van der Waals surface area contributed by atoms with Gasteiger partial charge in [-0.25, -0.2) is 4.68 Å². The number of hydrogen-bond acceptors (Lipinski definition) is 3. The maximum Gasteiger partial charge on any atom is 0.223 e. The maximum absolute atomic E-state index is 12.5. The molecule has 0 saturated carbocycles. The average Bonchev–Trinajstić information content (AvgIpc) is 3.34. The quantitative estimate of drug-likeness (QED) is 0.533. The third-order valence-corrected chi connectivity index (χ3v) is 6.35. The van der Waals surface area contributed by atoms with Gasteiger partial charge in [0, 0.05) is 49.0 Å². The van der Waals surface area contributed by atoms with E-state index < -0.39 is 0 Å². The smallest absolute Gasteiger partial charge is 0.223 e. The van der Waals surface area contributed by atoms with Crippen molar-refractivity contribution < 1.29 is 4.79 Å². The first-order chi connectivity index (χ1) is 14.3. The Hall–Kier alpha value is -2.47. The van der Waals surface area contributed by atoms with Crippen molar-refractivity contribution in [2.24, 2.45) is 0 Å². The molecule has 0 radical (unpaired) electrons. The first kappa shape index (κ1) is 19.8. The fourth-order valence-electron chi connectivity index (χ4n) is 3.81. The van der Waals surface area contributed by atoms with Crippen molar-refractivity contribution in [2.75, 3.05) is 18.8 Å². The Bertz CT molecular complexity index is 896. The molecule has 0 N–H and O–H groups in total. The van der Waals surface area contributed by atoms with Gasteiger partial charge in [-0.3, -0.25) is 4.79 Å². The van der Waals surface area contributed by atoms with E-state index in [2.05, 4.69) is 26.7 Å². The highest BCUT2D eigenvalue weighted by atomic mass is 32.2. The zero-order valence-corrected chi connectivity index (χ0v) is 17.6. The summed E-state index contributed by atoms with van der Waals surface area (Å²) in [5, 5.41) is 4.65. The average molecular weight is 409 g/mol. The molecule has 0 aliphatic carbocycles. The van der Waals surface area contributed by atoms with Crippen LogP contribution in [0.2, 0.25) is 0 Å². The standard InChI is InChI=1S/C23H28N4OS/c28-22(25-13-6-1-2-7-14-25)12-17-29-19-20-18-24-27(21-10-4-3-5-11-21)23(20)26-15-8-9-16-26/h3-5,8-11,15-16,18H,1-2,6-7,12-14,17,19H2. The Morgan fingerprint density at radius 2 is 1.69 bits per heavy atom. The molecule has 1 amide bonds. The van der Waals surface area contributed by atoms with E-state index >= 15 is 0 Å². The van der Waals surface area contributed by atoms with E-state index in [1.54, 1.807) is 0 Å². The second kappa shape index (κ2) is 9.83. The Kier molecular flexibility index (Phi) is 6.72. The molecule has 1 aliphatic heterocycles. The largest absolute Gasteiger partial charge is 0.343 e. The van der Waals surface area contributed by atoms with E-state index in [0.717, 1.165) is 48.9 Å². The van der Waals surface area contributed by atoms with Crippen molar-refractivity contribution in [1.82, 2.24) is 19.2 Å². The summed E-state index contributed by atoms with van der Waals surface area (Å²) in [5.74, 6) is 3.06.